The monoisotopic (exact) mass is 250 g/mol. The van der Waals surface area contributed by atoms with Crippen molar-refractivity contribution in [2.24, 2.45) is 5.92 Å². The number of hydrogen-bond donors (Lipinski definition) is 1. The number of amides is 1. The second-order valence-corrected chi connectivity index (χ2v) is 4.75. The molecule has 2 fully saturated rings. The lowest BCUT2D eigenvalue weighted by atomic mass is 9.89. The molecule has 2 aliphatic heterocycles. The van der Waals surface area contributed by atoms with E-state index >= 15 is 0 Å². The summed E-state index contributed by atoms with van der Waals surface area (Å²) in [7, 11) is 0. The molecule has 0 aromatic heterocycles. The maximum atomic E-state index is 12.9. The summed E-state index contributed by atoms with van der Waals surface area (Å²) < 4.78 is 38.7. The van der Waals surface area contributed by atoms with Gasteiger partial charge in [-0.05, 0) is 25.8 Å². The minimum absolute atomic E-state index is 0.0674. The van der Waals surface area contributed by atoms with Gasteiger partial charge in [0.25, 0.3) is 0 Å². The van der Waals surface area contributed by atoms with Crippen LogP contribution in [0.15, 0.2) is 0 Å². The van der Waals surface area contributed by atoms with Gasteiger partial charge in [0.1, 0.15) is 0 Å². The molecule has 2 atom stereocenters. The molecule has 0 spiro atoms. The Balaban J connectivity index is 2.12. The van der Waals surface area contributed by atoms with Crippen LogP contribution in [0.2, 0.25) is 0 Å². The molecule has 2 unspecified atom stereocenters. The normalized spacial score (nSPS) is 31.7. The first-order valence-electron chi connectivity index (χ1n) is 6.07. The summed E-state index contributed by atoms with van der Waals surface area (Å²) in [6.45, 7) is 1.11. The van der Waals surface area contributed by atoms with Gasteiger partial charge in [-0.25, -0.2) is 0 Å². The molecule has 0 aromatic carbocycles. The van der Waals surface area contributed by atoms with Crippen LogP contribution < -0.4 is 5.32 Å². The minimum atomic E-state index is -4.20. The van der Waals surface area contributed by atoms with E-state index in [1.807, 2.05) is 0 Å². The van der Waals surface area contributed by atoms with Gasteiger partial charge in [-0.15, -0.1) is 0 Å². The van der Waals surface area contributed by atoms with Crippen LogP contribution in [0.4, 0.5) is 13.2 Å². The van der Waals surface area contributed by atoms with Crippen molar-refractivity contribution < 1.29 is 18.0 Å². The Kier molecular flexibility index (Phi) is 3.61. The first-order valence-corrected chi connectivity index (χ1v) is 6.07. The number of carbonyl (C=O) groups is 1. The lowest BCUT2D eigenvalue weighted by Crippen LogP contribution is -2.58. The van der Waals surface area contributed by atoms with Gasteiger partial charge in [0.05, 0.1) is 12.0 Å². The molecule has 0 aliphatic carbocycles. The Labute approximate surface area is 98.3 Å². The van der Waals surface area contributed by atoms with Crippen molar-refractivity contribution in [3.8, 4) is 0 Å². The van der Waals surface area contributed by atoms with Gasteiger partial charge in [-0.2, -0.15) is 13.2 Å². The summed E-state index contributed by atoms with van der Waals surface area (Å²) >= 11 is 0. The second-order valence-electron chi connectivity index (χ2n) is 4.75. The fourth-order valence-corrected chi connectivity index (χ4v) is 2.73. The fourth-order valence-electron chi connectivity index (χ4n) is 2.73. The van der Waals surface area contributed by atoms with Crippen molar-refractivity contribution in [2.45, 2.75) is 37.9 Å². The lowest BCUT2D eigenvalue weighted by molar-refractivity contribution is -0.198. The van der Waals surface area contributed by atoms with Crippen LogP contribution in [-0.4, -0.2) is 42.7 Å². The minimum Gasteiger partial charge on any atom is -0.338 e. The SMILES string of the molecule is O=C1CCCCN1C1CNCCC1C(F)(F)F. The van der Waals surface area contributed by atoms with Gasteiger partial charge in [-0.3, -0.25) is 4.79 Å². The standard InChI is InChI=1S/C11H17F3N2O/c12-11(13,14)8-4-5-15-7-9(8)16-6-2-1-3-10(16)17/h8-9,15H,1-7H2. The molecule has 1 amide bonds. The number of alkyl halides is 3. The van der Waals surface area contributed by atoms with Gasteiger partial charge in [0.2, 0.25) is 5.91 Å². The Morgan fingerprint density at radius 3 is 2.71 bits per heavy atom. The second kappa shape index (κ2) is 4.84. The lowest BCUT2D eigenvalue weighted by Gasteiger charge is -2.42. The molecule has 2 heterocycles. The van der Waals surface area contributed by atoms with Crippen molar-refractivity contribution in [3.05, 3.63) is 0 Å². The Morgan fingerprint density at radius 2 is 2.06 bits per heavy atom. The molecule has 2 rings (SSSR count). The zero-order valence-electron chi connectivity index (χ0n) is 9.59. The molecule has 6 heteroatoms. The summed E-state index contributed by atoms with van der Waals surface area (Å²) in [6, 6.07) is -0.712. The van der Waals surface area contributed by atoms with Crippen molar-refractivity contribution >= 4 is 5.91 Å². The van der Waals surface area contributed by atoms with E-state index in [0.717, 1.165) is 12.8 Å². The van der Waals surface area contributed by atoms with Crippen molar-refractivity contribution in [2.75, 3.05) is 19.6 Å². The summed E-state index contributed by atoms with van der Waals surface area (Å²) in [5, 5.41) is 2.96. The molecule has 3 nitrogen and oxygen atoms in total. The van der Waals surface area contributed by atoms with Crippen LogP contribution in [0.5, 0.6) is 0 Å². The van der Waals surface area contributed by atoms with Crippen LogP contribution in [-0.2, 0) is 4.79 Å². The average Bonchev–Trinajstić information content (AvgIpc) is 2.28. The number of piperidine rings is 2. The largest absolute Gasteiger partial charge is 0.393 e. The van der Waals surface area contributed by atoms with E-state index in [2.05, 4.69) is 5.32 Å². The van der Waals surface area contributed by atoms with E-state index in [4.69, 9.17) is 0 Å². The number of likely N-dealkylation sites (tertiary alicyclic amines) is 1. The first kappa shape index (κ1) is 12.7. The molecule has 98 valence electrons. The molecule has 17 heavy (non-hydrogen) atoms. The van der Waals surface area contributed by atoms with E-state index in [-0.39, 0.29) is 18.9 Å². The molecule has 1 N–H and O–H groups in total. The van der Waals surface area contributed by atoms with E-state index in [0.29, 0.717) is 19.5 Å². The molecule has 0 radical (unpaired) electrons. The number of rotatable bonds is 1. The predicted molar refractivity (Wildman–Crippen MR) is 56.4 cm³/mol. The number of nitrogens with one attached hydrogen (secondary N) is 1. The molecule has 2 saturated heterocycles. The summed E-state index contributed by atoms with van der Waals surface area (Å²) in [6.07, 6.45) is -2.14. The smallest absolute Gasteiger partial charge is 0.338 e. The van der Waals surface area contributed by atoms with Gasteiger partial charge >= 0.3 is 6.18 Å². The van der Waals surface area contributed by atoms with Crippen LogP contribution in [0, 0.1) is 5.92 Å². The average molecular weight is 250 g/mol. The third-order valence-corrected chi connectivity index (χ3v) is 3.63. The van der Waals surface area contributed by atoms with Gasteiger partial charge < -0.3 is 10.2 Å². The van der Waals surface area contributed by atoms with Crippen molar-refractivity contribution in [1.29, 1.82) is 0 Å². The van der Waals surface area contributed by atoms with Crippen LogP contribution in [0.3, 0.4) is 0 Å². The molecule has 0 bridgehead atoms. The highest BCUT2D eigenvalue weighted by molar-refractivity contribution is 5.77. The first-order chi connectivity index (χ1) is 8.00. The Hall–Kier alpha value is -0.780. The highest BCUT2D eigenvalue weighted by Gasteiger charge is 2.48. The number of carbonyl (C=O) groups excluding carboxylic acids is 1. The van der Waals surface area contributed by atoms with Crippen LogP contribution >= 0.6 is 0 Å². The number of nitrogens with zero attached hydrogens (tertiary/aromatic N) is 1. The van der Waals surface area contributed by atoms with E-state index in [9.17, 15) is 18.0 Å². The number of halogens is 3. The van der Waals surface area contributed by atoms with Crippen molar-refractivity contribution in [1.82, 2.24) is 10.2 Å². The number of hydrogen-bond acceptors (Lipinski definition) is 2. The highest BCUT2D eigenvalue weighted by Crippen LogP contribution is 2.35. The maximum absolute atomic E-state index is 12.9. The van der Waals surface area contributed by atoms with E-state index in [1.54, 1.807) is 0 Å². The van der Waals surface area contributed by atoms with E-state index < -0.39 is 18.1 Å². The third-order valence-electron chi connectivity index (χ3n) is 3.63. The Bertz CT molecular complexity index is 293. The zero-order valence-corrected chi connectivity index (χ0v) is 9.59. The molecule has 2 aliphatic rings. The zero-order chi connectivity index (χ0) is 12.5. The summed E-state index contributed by atoms with van der Waals surface area (Å²) in [4.78, 5) is 13.1. The third kappa shape index (κ3) is 2.73. The summed E-state index contributed by atoms with van der Waals surface area (Å²) in [5.74, 6) is -1.50. The predicted octanol–water partition coefficient (Wildman–Crippen LogP) is 1.54. The molecular formula is C11H17F3N2O. The van der Waals surface area contributed by atoms with Gasteiger partial charge in [-0.1, -0.05) is 0 Å². The molecule has 0 aromatic rings. The summed E-state index contributed by atoms with van der Waals surface area (Å²) in [5.41, 5.74) is 0. The molecule has 0 saturated carbocycles. The topological polar surface area (TPSA) is 32.3 Å². The Morgan fingerprint density at radius 1 is 1.29 bits per heavy atom. The van der Waals surface area contributed by atoms with Gasteiger partial charge in [0, 0.05) is 19.5 Å². The van der Waals surface area contributed by atoms with Crippen molar-refractivity contribution in [3.63, 3.8) is 0 Å². The van der Waals surface area contributed by atoms with E-state index in [1.165, 1.54) is 4.90 Å². The molecular weight excluding hydrogens is 233 g/mol. The van der Waals surface area contributed by atoms with Crippen LogP contribution in [0.25, 0.3) is 0 Å². The maximum Gasteiger partial charge on any atom is 0.393 e. The fraction of sp³-hybridized carbons (Fsp3) is 0.909. The highest BCUT2D eigenvalue weighted by atomic mass is 19.4. The van der Waals surface area contributed by atoms with Crippen LogP contribution in [0.1, 0.15) is 25.7 Å². The quantitative estimate of drug-likeness (QED) is 0.765. The van der Waals surface area contributed by atoms with Gasteiger partial charge in [0.15, 0.2) is 0 Å².